The summed E-state index contributed by atoms with van der Waals surface area (Å²) in [5.74, 6) is 0.875. The lowest BCUT2D eigenvalue weighted by Gasteiger charge is -2.33. The highest BCUT2D eigenvalue weighted by Crippen LogP contribution is 2.19. The smallest absolute Gasteiger partial charge is 0.233 e. The van der Waals surface area contributed by atoms with Crippen molar-refractivity contribution in [3.05, 3.63) is 54.2 Å². The summed E-state index contributed by atoms with van der Waals surface area (Å²) in [5.41, 5.74) is 1.58. The fourth-order valence-corrected chi connectivity index (χ4v) is 3.91. The molecule has 1 aromatic carbocycles. The van der Waals surface area contributed by atoms with Gasteiger partial charge in [-0.05, 0) is 25.1 Å². The van der Waals surface area contributed by atoms with Crippen molar-refractivity contribution in [3.63, 3.8) is 0 Å². The molecule has 134 valence electrons. The lowest BCUT2D eigenvalue weighted by atomic mass is 10.2. The lowest BCUT2D eigenvalue weighted by molar-refractivity contribution is 0.312. The van der Waals surface area contributed by atoms with E-state index in [9.17, 15) is 8.42 Å². The van der Waals surface area contributed by atoms with E-state index in [2.05, 4.69) is 26.6 Å². The molecule has 1 aliphatic heterocycles. The van der Waals surface area contributed by atoms with Crippen molar-refractivity contribution in [2.24, 2.45) is 0 Å². The van der Waals surface area contributed by atoms with E-state index in [0.29, 0.717) is 12.1 Å². The van der Waals surface area contributed by atoms with Crippen LogP contribution in [0.25, 0.3) is 0 Å². The number of hydrogen-bond donors (Lipinski definition) is 1. The number of pyridine rings is 1. The van der Waals surface area contributed by atoms with E-state index in [4.69, 9.17) is 0 Å². The van der Waals surface area contributed by atoms with E-state index < -0.39 is 10.0 Å². The molecule has 0 amide bonds. The predicted molar refractivity (Wildman–Crippen MR) is 102 cm³/mol. The summed E-state index contributed by atoms with van der Waals surface area (Å²) in [5, 5.41) is 0. The van der Waals surface area contributed by atoms with Gasteiger partial charge in [0, 0.05) is 38.4 Å². The van der Waals surface area contributed by atoms with Gasteiger partial charge in [0.15, 0.2) is 0 Å². The summed E-state index contributed by atoms with van der Waals surface area (Å²) in [4.78, 5) is 8.84. The molecule has 0 saturated carbocycles. The normalized spacial score (nSPS) is 16.0. The Morgan fingerprint density at radius 3 is 2.52 bits per heavy atom. The van der Waals surface area contributed by atoms with E-state index in [1.165, 1.54) is 0 Å². The van der Waals surface area contributed by atoms with E-state index in [1.54, 1.807) is 12.3 Å². The SMILES string of the molecule is CN1CCN(c2cc(NS(=O)(=O)CCc3ccccc3)ccn2)CC1. The Bertz CT molecular complexity index is 788. The van der Waals surface area contributed by atoms with Crippen LogP contribution >= 0.6 is 0 Å². The van der Waals surface area contributed by atoms with E-state index in [0.717, 1.165) is 37.6 Å². The van der Waals surface area contributed by atoms with Crippen LogP contribution < -0.4 is 9.62 Å². The van der Waals surface area contributed by atoms with Gasteiger partial charge in [-0.15, -0.1) is 0 Å². The molecule has 6 nitrogen and oxygen atoms in total. The molecule has 0 atom stereocenters. The highest BCUT2D eigenvalue weighted by molar-refractivity contribution is 7.92. The minimum atomic E-state index is -3.39. The van der Waals surface area contributed by atoms with Crippen molar-refractivity contribution >= 4 is 21.5 Å². The Morgan fingerprint density at radius 2 is 1.80 bits per heavy atom. The number of piperazine rings is 1. The van der Waals surface area contributed by atoms with Crippen molar-refractivity contribution in [2.75, 3.05) is 48.6 Å². The van der Waals surface area contributed by atoms with Crippen LogP contribution in [0.3, 0.4) is 0 Å². The van der Waals surface area contributed by atoms with Gasteiger partial charge < -0.3 is 9.80 Å². The molecule has 0 spiro atoms. The Kier molecular flexibility index (Phi) is 5.55. The fourth-order valence-electron chi connectivity index (χ4n) is 2.82. The number of rotatable bonds is 6. The van der Waals surface area contributed by atoms with E-state index in [1.807, 2.05) is 36.4 Å². The van der Waals surface area contributed by atoms with Crippen molar-refractivity contribution in [3.8, 4) is 0 Å². The quantitative estimate of drug-likeness (QED) is 0.851. The molecular formula is C18H24N4O2S. The van der Waals surface area contributed by atoms with Gasteiger partial charge in [0.2, 0.25) is 10.0 Å². The van der Waals surface area contributed by atoms with Gasteiger partial charge in [0.05, 0.1) is 11.4 Å². The second kappa shape index (κ2) is 7.84. The monoisotopic (exact) mass is 360 g/mol. The molecule has 1 fully saturated rings. The van der Waals surface area contributed by atoms with Gasteiger partial charge in [-0.1, -0.05) is 30.3 Å². The number of nitrogens with one attached hydrogen (secondary N) is 1. The minimum Gasteiger partial charge on any atom is -0.354 e. The molecule has 3 rings (SSSR count). The number of aryl methyl sites for hydroxylation is 1. The van der Waals surface area contributed by atoms with E-state index in [-0.39, 0.29) is 5.75 Å². The van der Waals surface area contributed by atoms with Crippen molar-refractivity contribution < 1.29 is 8.42 Å². The zero-order chi connectivity index (χ0) is 17.7. The van der Waals surface area contributed by atoms with Gasteiger partial charge in [-0.25, -0.2) is 13.4 Å². The third kappa shape index (κ3) is 5.17. The number of aromatic nitrogens is 1. The van der Waals surface area contributed by atoms with Crippen LogP contribution in [0.5, 0.6) is 0 Å². The molecular weight excluding hydrogens is 336 g/mol. The van der Waals surface area contributed by atoms with Gasteiger partial charge >= 0.3 is 0 Å². The fraction of sp³-hybridized carbons (Fsp3) is 0.389. The number of sulfonamides is 1. The topological polar surface area (TPSA) is 65.5 Å². The molecule has 0 bridgehead atoms. The molecule has 1 saturated heterocycles. The molecule has 0 aliphatic carbocycles. The van der Waals surface area contributed by atoms with Gasteiger partial charge in [0.25, 0.3) is 0 Å². The molecule has 2 heterocycles. The average Bonchev–Trinajstić information content (AvgIpc) is 2.61. The van der Waals surface area contributed by atoms with Crippen LogP contribution in [0.4, 0.5) is 11.5 Å². The van der Waals surface area contributed by atoms with Crippen molar-refractivity contribution in [1.82, 2.24) is 9.88 Å². The number of nitrogens with zero attached hydrogens (tertiary/aromatic N) is 3. The molecule has 0 unspecified atom stereocenters. The summed E-state index contributed by atoms with van der Waals surface area (Å²) in [7, 11) is -1.29. The molecule has 7 heteroatoms. The summed E-state index contributed by atoms with van der Waals surface area (Å²) in [6.45, 7) is 3.75. The predicted octanol–water partition coefficient (Wildman–Crippen LogP) is 1.82. The maximum Gasteiger partial charge on any atom is 0.233 e. The van der Waals surface area contributed by atoms with Gasteiger partial charge in [-0.3, -0.25) is 4.72 Å². The van der Waals surface area contributed by atoms with Gasteiger partial charge in [-0.2, -0.15) is 0 Å². The Morgan fingerprint density at radius 1 is 1.08 bits per heavy atom. The molecule has 2 aromatic rings. The standard InChI is InChI=1S/C18H24N4O2S/c1-21-10-12-22(13-11-21)18-15-17(7-9-19-18)20-25(23,24)14-8-16-5-3-2-4-6-16/h2-7,9,15H,8,10-14H2,1H3,(H,19,20). The van der Waals surface area contributed by atoms with Crippen LogP contribution in [0.1, 0.15) is 5.56 Å². The zero-order valence-corrected chi connectivity index (χ0v) is 15.2. The Hall–Kier alpha value is -2.12. The second-order valence-corrected chi connectivity index (χ2v) is 8.19. The maximum atomic E-state index is 12.4. The number of hydrogen-bond acceptors (Lipinski definition) is 5. The summed E-state index contributed by atoms with van der Waals surface area (Å²) in [6, 6.07) is 13.1. The highest BCUT2D eigenvalue weighted by atomic mass is 32.2. The largest absolute Gasteiger partial charge is 0.354 e. The first-order valence-corrected chi connectivity index (χ1v) is 10.1. The van der Waals surface area contributed by atoms with Crippen LogP contribution in [0.15, 0.2) is 48.7 Å². The van der Waals surface area contributed by atoms with Crippen LogP contribution in [0.2, 0.25) is 0 Å². The van der Waals surface area contributed by atoms with Gasteiger partial charge in [0.1, 0.15) is 5.82 Å². The molecule has 1 aliphatic rings. The zero-order valence-electron chi connectivity index (χ0n) is 14.4. The minimum absolute atomic E-state index is 0.0587. The summed E-state index contributed by atoms with van der Waals surface area (Å²) >= 11 is 0. The van der Waals surface area contributed by atoms with Crippen molar-refractivity contribution in [1.29, 1.82) is 0 Å². The van der Waals surface area contributed by atoms with Crippen LogP contribution in [-0.2, 0) is 16.4 Å². The van der Waals surface area contributed by atoms with Crippen LogP contribution in [-0.4, -0.2) is 57.3 Å². The third-order valence-electron chi connectivity index (χ3n) is 4.35. The highest BCUT2D eigenvalue weighted by Gasteiger charge is 2.16. The molecule has 1 aromatic heterocycles. The number of anilines is 2. The first-order valence-electron chi connectivity index (χ1n) is 8.46. The first-order chi connectivity index (χ1) is 12.0. The second-order valence-electron chi connectivity index (χ2n) is 6.35. The summed E-state index contributed by atoms with van der Waals surface area (Å²) in [6.07, 6.45) is 2.15. The summed E-state index contributed by atoms with van der Waals surface area (Å²) < 4.78 is 27.4. The average molecular weight is 360 g/mol. The first kappa shape index (κ1) is 17.7. The number of likely N-dealkylation sites (N-methyl/N-ethyl adjacent to an activating group) is 1. The third-order valence-corrected chi connectivity index (χ3v) is 5.64. The number of benzene rings is 1. The molecule has 1 N–H and O–H groups in total. The lowest BCUT2D eigenvalue weighted by Crippen LogP contribution is -2.44. The Balaban J connectivity index is 1.62. The Labute approximate surface area is 149 Å². The molecule has 0 radical (unpaired) electrons. The van der Waals surface area contributed by atoms with Crippen LogP contribution in [0, 0.1) is 0 Å². The molecule has 25 heavy (non-hydrogen) atoms. The van der Waals surface area contributed by atoms with Crippen molar-refractivity contribution in [2.45, 2.75) is 6.42 Å². The maximum absolute atomic E-state index is 12.4. The van der Waals surface area contributed by atoms with E-state index >= 15 is 0 Å².